The lowest BCUT2D eigenvalue weighted by molar-refractivity contribution is 0.296. The number of hydrogen-bond acceptors (Lipinski definition) is 4. The van der Waals surface area contributed by atoms with Crippen LogP contribution in [0.25, 0.3) is 0 Å². The Morgan fingerprint density at radius 2 is 1.85 bits per heavy atom. The van der Waals surface area contributed by atoms with Gasteiger partial charge in [0.25, 0.3) is 0 Å². The van der Waals surface area contributed by atoms with Gasteiger partial charge in [-0.05, 0) is 66.6 Å². The quantitative estimate of drug-likeness (QED) is 0.423. The molecule has 0 heterocycles. The highest BCUT2D eigenvalue weighted by molar-refractivity contribution is 6.31. The fourth-order valence-corrected chi connectivity index (χ4v) is 2.67. The van der Waals surface area contributed by atoms with Crippen molar-refractivity contribution in [2.45, 2.75) is 13.5 Å². The first-order chi connectivity index (χ1) is 13.2. The van der Waals surface area contributed by atoms with Gasteiger partial charge < -0.3 is 9.47 Å². The molecule has 5 heteroatoms. The molecule has 4 nitrogen and oxygen atoms in total. The summed E-state index contributed by atoms with van der Waals surface area (Å²) in [4.78, 5) is 0. The van der Waals surface area contributed by atoms with Crippen molar-refractivity contribution in [3.8, 4) is 11.5 Å². The van der Waals surface area contributed by atoms with Gasteiger partial charge in [0.15, 0.2) is 0 Å². The maximum atomic E-state index is 6.06. The van der Waals surface area contributed by atoms with Gasteiger partial charge in [-0.25, -0.2) is 0 Å². The largest absolute Gasteiger partial charge is 0.496 e. The third kappa shape index (κ3) is 5.25. The molecule has 0 saturated heterocycles. The van der Waals surface area contributed by atoms with Crippen molar-refractivity contribution in [3.05, 3.63) is 88.4 Å². The van der Waals surface area contributed by atoms with E-state index in [0.29, 0.717) is 6.61 Å². The average molecular weight is 381 g/mol. The van der Waals surface area contributed by atoms with Crippen molar-refractivity contribution in [2.24, 2.45) is 5.10 Å². The number of ether oxygens (including phenoxy) is 2. The molecule has 1 N–H and O–H groups in total. The Morgan fingerprint density at radius 3 is 2.59 bits per heavy atom. The Bertz CT molecular complexity index is 927. The van der Waals surface area contributed by atoms with Crippen LogP contribution in [-0.4, -0.2) is 13.3 Å². The Balaban J connectivity index is 1.70. The highest BCUT2D eigenvalue weighted by Gasteiger charge is 2.06. The Morgan fingerprint density at radius 1 is 1.04 bits per heavy atom. The summed E-state index contributed by atoms with van der Waals surface area (Å²) < 4.78 is 11.3. The number of hydrogen-bond donors (Lipinski definition) is 1. The van der Waals surface area contributed by atoms with Gasteiger partial charge in [-0.15, -0.1) is 0 Å². The maximum absolute atomic E-state index is 6.06. The van der Waals surface area contributed by atoms with E-state index in [9.17, 15) is 0 Å². The van der Waals surface area contributed by atoms with Gasteiger partial charge in [0.2, 0.25) is 0 Å². The number of hydrazone groups is 1. The third-order valence-corrected chi connectivity index (χ3v) is 4.43. The van der Waals surface area contributed by atoms with Gasteiger partial charge in [-0.2, -0.15) is 5.10 Å². The molecule has 0 aliphatic carbocycles. The lowest BCUT2D eigenvalue weighted by Gasteiger charge is -2.12. The van der Waals surface area contributed by atoms with Gasteiger partial charge in [0.05, 0.1) is 19.0 Å². The molecule has 0 fully saturated rings. The molecule has 0 bridgehead atoms. The topological polar surface area (TPSA) is 42.8 Å². The molecule has 27 heavy (non-hydrogen) atoms. The Kier molecular flexibility index (Phi) is 6.34. The van der Waals surface area contributed by atoms with Crippen LogP contribution in [0.1, 0.15) is 16.7 Å². The first-order valence-corrected chi connectivity index (χ1v) is 8.93. The summed E-state index contributed by atoms with van der Waals surface area (Å²) in [6.45, 7) is 2.34. The molecular weight excluding hydrogens is 360 g/mol. The molecule has 0 radical (unpaired) electrons. The van der Waals surface area contributed by atoms with Crippen molar-refractivity contribution in [1.29, 1.82) is 0 Å². The number of anilines is 1. The van der Waals surface area contributed by atoms with Crippen molar-refractivity contribution < 1.29 is 9.47 Å². The second kappa shape index (κ2) is 9.10. The number of methoxy groups -OCH3 is 1. The highest BCUT2D eigenvalue weighted by Crippen LogP contribution is 2.24. The predicted molar refractivity (Wildman–Crippen MR) is 111 cm³/mol. The first-order valence-electron chi connectivity index (χ1n) is 8.55. The number of benzene rings is 3. The van der Waals surface area contributed by atoms with Crippen LogP contribution in [0.4, 0.5) is 5.69 Å². The van der Waals surface area contributed by atoms with E-state index < -0.39 is 0 Å². The zero-order valence-electron chi connectivity index (χ0n) is 15.3. The SMILES string of the molecule is COc1ccc(C=NNc2ccccc2)cc1COc1ccc(Cl)c(C)c1. The molecule has 3 rings (SSSR count). The van der Waals surface area contributed by atoms with Crippen LogP contribution in [0.15, 0.2) is 71.8 Å². The zero-order chi connectivity index (χ0) is 19.1. The minimum Gasteiger partial charge on any atom is -0.496 e. The van der Waals surface area contributed by atoms with E-state index in [4.69, 9.17) is 21.1 Å². The van der Waals surface area contributed by atoms with Crippen molar-refractivity contribution in [1.82, 2.24) is 0 Å². The summed E-state index contributed by atoms with van der Waals surface area (Å²) >= 11 is 6.06. The third-order valence-electron chi connectivity index (χ3n) is 4.01. The van der Waals surface area contributed by atoms with Crippen molar-refractivity contribution in [3.63, 3.8) is 0 Å². The summed E-state index contributed by atoms with van der Waals surface area (Å²) in [6.07, 6.45) is 1.77. The molecule has 0 amide bonds. The van der Waals surface area contributed by atoms with Gasteiger partial charge in [-0.1, -0.05) is 29.8 Å². The maximum Gasteiger partial charge on any atom is 0.125 e. The van der Waals surface area contributed by atoms with Crippen LogP contribution < -0.4 is 14.9 Å². The summed E-state index contributed by atoms with van der Waals surface area (Å²) in [5.74, 6) is 1.54. The molecule has 3 aromatic carbocycles. The molecule has 0 spiro atoms. The number of halogens is 1. The summed E-state index contributed by atoms with van der Waals surface area (Å²) in [5.41, 5.74) is 6.81. The van der Waals surface area contributed by atoms with E-state index in [-0.39, 0.29) is 0 Å². The molecule has 0 unspecified atom stereocenters. The van der Waals surface area contributed by atoms with Crippen LogP contribution in [0, 0.1) is 6.92 Å². The fraction of sp³-hybridized carbons (Fsp3) is 0.136. The second-order valence-corrected chi connectivity index (χ2v) is 6.41. The van der Waals surface area contributed by atoms with Crippen LogP contribution in [0.2, 0.25) is 5.02 Å². The van der Waals surface area contributed by atoms with E-state index in [1.807, 2.05) is 73.7 Å². The Labute approximate surface area is 164 Å². The standard InChI is InChI=1S/C22H21ClN2O2/c1-16-12-20(9-10-21(16)23)27-15-18-13-17(8-11-22(18)26-2)14-24-25-19-6-4-3-5-7-19/h3-14,25H,15H2,1-2H3. The number of para-hydroxylation sites is 1. The smallest absolute Gasteiger partial charge is 0.125 e. The molecule has 0 aliphatic heterocycles. The monoisotopic (exact) mass is 380 g/mol. The highest BCUT2D eigenvalue weighted by atomic mass is 35.5. The molecule has 0 atom stereocenters. The molecule has 0 saturated carbocycles. The number of aryl methyl sites for hydroxylation is 1. The number of nitrogens with one attached hydrogen (secondary N) is 1. The molecule has 0 aromatic heterocycles. The molecule has 138 valence electrons. The van der Waals surface area contributed by atoms with Crippen molar-refractivity contribution >= 4 is 23.5 Å². The fourth-order valence-electron chi connectivity index (χ4n) is 2.55. The van der Waals surface area contributed by atoms with E-state index in [2.05, 4.69) is 10.5 Å². The van der Waals surface area contributed by atoms with E-state index in [0.717, 1.165) is 38.9 Å². The van der Waals surface area contributed by atoms with Crippen LogP contribution in [0.3, 0.4) is 0 Å². The summed E-state index contributed by atoms with van der Waals surface area (Å²) in [5, 5.41) is 5.00. The first kappa shape index (κ1) is 18.8. The van der Waals surface area contributed by atoms with Crippen LogP contribution in [-0.2, 0) is 6.61 Å². The zero-order valence-corrected chi connectivity index (χ0v) is 16.0. The summed E-state index contributed by atoms with van der Waals surface area (Å²) in [6, 6.07) is 21.3. The van der Waals surface area contributed by atoms with Crippen LogP contribution >= 0.6 is 11.6 Å². The van der Waals surface area contributed by atoms with Crippen molar-refractivity contribution in [2.75, 3.05) is 12.5 Å². The minimum absolute atomic E-state index is 0.387. The van der Waals surface area contributed by atoms with E-state index >= 15 is 0 Å². The van der Waals surface area contributed by atoms with Gasteiger partial charge in [0, 0.05) is 10.6 Å². The number of nitrogens with zero attached hydrogens (tertiary/aromatic N) is 1. The molecular formula is C22H21ClN2O2. The predicted octanol–water partition coefficient (Wildman–Crippen LogP) is 5.68. The van der Waals surface area contributed by atoms with Gasteiger partial charge in [-0.3, -0.25) is 5.43 Å². The van der Waals surface area contributed by atoms with E-state index in [1.54, 1.807) is 13.3 Å². The van der Waals surface area contributed by atoms with E-state index in [1.165, 1.54) is 0 Å². The number of rotatable bonds is 7. The normalized spacial score (nSPS) is 10.8. The Hall–Kier alpha value is -2.98. The average Bonchev–Trinajstić information content (AvgIpc) is 2.70. The van der Waals surface area contributed by atoms with Gasteiger partial charge in [0.1, 0.15) is 18.1 Å². The van der Waals surface area contributed by atoms with Crippen LogP contribution in [0.5, 0.6) is 11.5 Å². The lowest BCUT2D eigenvalue weighted by Crippen LogP contribution is -2.00. The lowest BCUT2D eigenvalue weighted by atomic mass is 10.1. The minimum atomic E-state index is 0.387. The van der Waals surface area contributed by atoms with Gasteiger partial charge >= 0.3 is 0 Å². The molecule has 0 aliphatic rings. The molecule has 3 aromatic rings. The summed E-state index contributed by atoms with van der Waals surface area (Å²) in [7, 11) is 1.65. The second-order valence-electron chi connectivity index (χ2n) is 6.01.